The number of halogens is 1. The van der Waals surface area contributed by atoms with Gasteiger partial charge in [0.2, 0.25) is 0 Å². The Morgan fingerprint density at radius 3 is 2.58 bits per heavy atom. The number of fused-ring (bicyclic) bond motifs is 1. The molecule has 0 N–H and O–H groups in total. The largest absolute Gasteiger partial charge is 0.443 e. The molecular weight excluding hydrogens is 261 g/mol. The first-order valence-corrected chi connectivity index (χ1v) is 9.61. The van der Waals surface area contributed by atoms with E-state index in [2.05, 4.69) is 13.1 Å². The van der Waals surface area contributed by atoms with Gasteiger partial charge in [-0.05, 0) is 44.2 Å². The van der Waals surface area contributed by atoms with Crippen molar-refractivity contribution < 1.29 is 13.9 Å². The van der Waals surface area contributed by atoms with Gasteiger partial charge in [-0.2, -0.15) is 0 Å². The molecule has 3 nitrogen and oxygen atoms in total. The van der Waals surface area contributed by atoms with Gasteiger partial charge in [-0.3, -0.25) is 4.90 Å². The van der Waals surface area contributed by atoms with Gasteiger partial charge >= 0.3 is 6.09 Å². The third kappa shape index (κ3) is 2.81. The van der Waals surface area contributed by atoms with Gasteiger partial charge in [-0.25, -0.2) is 9.18 Å². The summed E-state index contributed by atoms with van der Waals surface area (Å²) in [5.74, 6) is -0.245. The zero-order valence-electron chi connectivity index (χ0n) is 12.1. The van der Waals surface area contributed by atoms with Crippen LogP contribution in [0.1, 0.15) is 20.8 Å². The molecule has 5 heteroatoms. The van der Waals surface area contributed by atoms with Gasteiger partial charge in [0.25, 0.3) is 0 Å². The molecule has 0 saturated heterocycles. The van der Waals surface area contributed by atoms with Crippen LogP contribution < -0.4 is 10.1 Å². The summed E-state index contributed by atoms with van der Waals surface area (Å²) in [6.45, 7) is 9.80. The van der Waals surface area contributed by atoms with Crippen molar-refractivity contribution in [3.8, 4) is 0 Å². The number of hydrogen-bond donors (Lipinski definition) is 0. The highest BCUT2D eigenvalue weighted by Gasteiger charge is 2.41. The summed E-state index contributed by atoms with van der Waals surface area (Å²) < 4.78 is 18.8. The van der Waals surface area contributed by atoms with E-state index in [0.29, 0.717) is 6.17 Å². The van der Waals surface area contributed by atoms with Crippen molar-refractivity contribution in [3.05, 3.63) is 24.0 Å². The van der Waals surface area contributed by atoms with Gasteiger partial charge in [0.15, 0.2) is 0 Å². The maximum atomic E-state index is 13.4. The molecule has 0 fully saturated rings. The van der Waals surface area contributed by atoms with Crippen molar-refractivity contribution in [2.45, 2.75) is 39.5 Å². The summed E-state index contributed by atoms with van der Waals surface area (Å²) in [5, 5.41) is 0.985. The second-order valence-corrected chi connectivity index (χ2v) is 11.2. The second kappa shape index (κ2) is 4.33. The summed E-state index contributed by atoms with van der Waals surface area (Å²) >= 11 is 0. The first kappa shape index (κ1) is 14.1. The van der Waals surface area contributed by atoms with Gasteiger partial charge in [-0.15, -0.1) is 0 Å². The van der Waals surface area contributed by atoms with E-state index in [1.54, 1.807) is 17.0 Å². The number of nitrogens with zero attached hydrogens (tertiary/aromatic N) is 1. The van der Waals surface area contributed by atoms with Crippen LogP contribution in [-0.4, -0.2) is 25.9 Å². The van der Waals surface area contributed by atoms with Gasteiger partial charge < -0.3 is 4.74 Å². The Hall–Kier alpha value is -1.36. The van der Waals surface area contributed by atoms with Crippen molar-refractivity contribution in [2.75, 3.05) is 11.1 Å². The SMILES string of the molecule is CC(C)(C)OC(=O)N1C[Si](C)(C)c2cc(F)ccc21. The Kier molecular flexibility index (Phi) is 3.21. The van der Waals surface area contributed by atoms with Crippen LogP contribution in [0.4, 0.5) is 14.9 Å². The average Bonchev–Trinajstić information content (AvgIpc) is 2.49. The molecule has 2 rings (SSSR count). The molecule has 104 valence electrons. The van der Waals surface area contributed by atoms with E-state index in [9.17, 15) is 9.18 Å². The van der Waals surface area contributed by atoms with E-state index in [0.717, 1.165) is 10.9 Å². The van der Waals surface area contributed by atoms with Crippen LogP contribution in [0.3, 0.4) is 0 Å². The summed E-state index contributed by atoms with van der Waals surface area (Å²) in [5.41, 5.74) is 0.276. The molecule has 0 radical (unpaired) electrons. The minimum atomic E-state index is -1.81. The molecule has 1 aliphatic rings. The van der Waals surface area contributed by atoms with E-state index in [-0.39, 0.29) is 11.9 Å². The fourth-order valence-corrected chi connectivity index (χ4v) is 5.03. The highest BCUT2D eigenvalue weighted by atomic mass is 28.3. The van der Waals surface area contributed by atoms with Gasteiger partial charge in [0, 0.05) is 11.9 Å². The smallest absolute Gasteiger partial charge is 0.414 e. The summed E-state index contributed by atoms with van der Waals surface area (Å²) in [6.07, 6.45) is 0.291. The van der Waals surface area contributed by atoms with Crippen molar-refractivity contribution >= 4 is 25.0 Å². The lowest BCUT2D eigenvalue weighted by molar-refractivity contribution is 0.0587. The molecule has 0 atom stereocenters. The van der Waals surface area contributed by atoms with Crippen molar-refractivity contribution in [1.29, 1.82) is 0 Å². The molecule has 1 amide bonds. The summed E-state index contributed by atoms with van der Waals surface area (Å²) in [6, 6.07) is 4.63. The number of carbonyl (C=O) groups excluding carboxylic acids is 1. The first-order valence-electron chi connectivity index (χ1n) is 6.41. The first-order chi connectivity index (χ1) is 8.60. The van der Waals surface area contributed by atoms with Gasteiger partial charge in [-0.1, -0.05) is 13.1 Å². The van der Waals surface area contributed by atoms with Crippen LogP contribution in [0, 0.1) is 5.82 Å². The van der Waals surface area contributed by atoms with Crippen LogP contribution >= 0.6 is 0 Å². The standard InChI is InChI=1S/C14H20FNO2Si/c1-14(2,3)18-13(17)16-9-19(4,5)12-8-10(15)6-7-11(12)16/h6-8H,9H2,1-5H3. The van der Waals surface area contributed by atoms with Crippen LogP contribution in [0.15, 0.2) is 18.2 Å². The minimum Gasteiger partial charge on any atom is -0.443 e. The van der Waals surface area contributed by atoms with E-state index in [4.69, 9.17) is 4.74 Å². The molecule has 0 aromatic heterocycles. The monoisotopic (exact) mass is 281 g/mol. The highest BCUT2D eigenvalue weighted by Crippen LogP contribution is 2.27. The van der Waals surface area contributed by atoms with Gasteiger partial charge in [0.1, 0.15) is 19.5 Å². The van der Waals surface area contributed by atoms with E-state index < -0.39 is 13.7 Å². The zero-order valence-corrected chi connectivity index (χ0v) is 13.1. The lowest BCUT2D eigenvalue weighted by Crippen LogP contribution is -2.45. The Labute approximate surface area is 114 Å². The predicted octanol–water partition coefficient (Wildman–Crippen LogP) is 3.04. The molecule has 19 heavy (non-hydrogen) atoms. The fraction of sp³-hybridized carbons (Fsp3) is 0.500. The number of carbonyl (C=O) groups is 1. The van der Waals surface area contributed by atoms with Crippen LogP contribution in [0.2, 0.25) is 13.1 Å². The Morgan fingerprint density at radius 2 is 2.00 bits per heavy atom. The summed E-state index contributed by atoms with van der Waals surface area (Å²) in [4.78, 5) is 13.9. The maximum Gasteiger partial charge on any atom is 0.414 e. The minimum absolute atomic E-state index is 0.245. The van der Waals surface area contributed by atoms with E-state index >= 15 is 0 Å². The molecule has 1 heterocycles. The lowest BCUT2D eigenvalue weighted by Gasteiger charge is -2.25. The highest BCUT2D eigenvalue weighted by molar-refractivity contribution is 6.93. The average molecular weight is 281 g/mol. The van der Waals surface area contributed by atoms with E-state index in [1.165, 1.54) is 6.07 Å². The van der Waals surface area contributed by atoms with Crippen molar-refractivity contribution in [3.63, 3.8) is 0 Å². The molecular formula is C14H20FNO2Si. The van der Waals surface area contributed by atoms with Crippen LogP contribution in [0.5, 0.6) is 0 Å². The zero-order chi connectivity index (χ0) is 14.4. The molecule has 0 saturated carbocycles. The van der Waals surface area contributed by atoms with Crippen LogP contribution in [-0.2, 0) is 4.74 Å². The fourth-order valence-electron chi connectivity index (χ4n) is 2.33. The lowest BCUT2D eigenvalue weighted by atomic mass is 10.2. The molecule has 0 unspecified atom stereocenters. The predicted molar refractivity (Wildman–Crippen MR) is 77.1 cm³/mol. The maximum absolute atomic E-state index is 13.4. The van der Waals surface area contributed by atoms with Crippen molar-refractivity contribution in [1.82, 2.24) is 0 Å². The number of rotatable bonds is 0. The number of hydrogen-bond acceptors (Lipinski definition) is 2. The summed E-state index contributed by atoms with van der Waals surface area (Å²) in [7, 11) is -1.81. The topological polar surface area (TPSA) is 29.5 Å². The third-order valence-electron chi connectivity index (χ3n) is 3.15. The normalized spacial score (nSPS) is 17.3. The molecule has 0 aliphatic carbocycles. The molecule has 0 spiro atoms. The molecule has 0 bridgehead atoms. The quantitative estimate of drug-likeness (QED) is 0.684. The van der Waals surface area contributed by atoms with Gasteiger partial charge in [0.05, 0.1) is 0 Å². The number of ether oxygens (including phenoxy) is 1. The molecule has 1 aliphatic heterocycles. The Balaban J connectivity index is 2.35. The third-order valence-corrected chi connectivity index (χ3v) is 6.11. The Morgan fingerprint density at radius 1 is 1.37 bits per heavy atom. The number of benzene rings is 1. The van der Waals surface area contributed by atoms with E-state index in [1.807, 2.05) is 20.8 Å². The number of anilines is 1. The molecule has 1 aromatic rings. The van der Waals surface area contributed by atoms with Crippen molar-refractivity contribution in [2.24, 2.45) is 0 Å². The van der Waals surface area contributed by atoms with Crippen LogP contribution in [0.25, 0.3) is 0 Å². The number of amides is 1. The molecule has 1 aromatic carbocycles. The Bertz CT molecular complexity index is 523. The second-order valence-electron chi connectivity index (χ2n) is 6.61.